The molecule has 4 rings (SSSR count). The van der Waals surface area contributed by atoms with E-state index in [1.165, 1.54) is 45.6 Å². The second-order valence-corrected chi connectivity index (χ2v) is 10.1. The van der Waals surface area contributed by atoms with Crippen LogP contribution in [-0.4, -0.2) is 85.9 Å². The number of piperazine rings is 1. The number of rotatable bonds is 10. The Bertz CT molecular complexity index is 769. The van der Waals surface area contributed by atoms with E-state index in [1.54, 1.807) is 25.3 Å². The minimum Gasteiger partial charge on any atom is -0.854 e. The normalized spacial score (nSPS) is 25.5. The molecule has 3 fully saturated rings. The van der Waals surface area contributed by atoms with Gasteiger partial charge in [0.05, 0.1) is 7.11 Å². The third-order valence-corrected chi connectivity index (χ3v) is 7.78. The molecule has 2 aliphatic carbocycles. The molecule has 3 aliphatic rings. The molecule has 1 amide bonds. The molecule has 0 bridgehead atoms. The number of ether oxygens (including phenoxy) is 1. The lowest BCUT2D eigenvalue weighted by Gasteiger charge is -2.42. The van der Waals surface area contributed by atoms with Gasteiger partial charge in [0.2, 0.25) is 0 Å². The van der Waals surface area contributed by atoms with Gasteiger partial charge in [-0.25, -0.2) is 0 Å². The zero-order valence-electron chi connectivity index (χ0n) is 20.0. The van der Waals surface area contributed by atoms with Gasteiger partial charge in [-0.15, -0.1) is 6.61 Å². The van der Waals surface area contributed by atoms with E-state index in [9.17, 15) is 15.0 Å². The predicted octanol–water partition coefficient (Wildman–Crippen LogP) is 1.59. The van der Waals surface area contributed by atoms with Gasteiger partial charge in [0.1, 0.15) is 5.75 Å². The van der Waals surface area contributed by atoms with Gasteiger partial charge < -0.3 is 25.2 Å². The first kappa shape index (κ1) is 24.5. The van der Waals surface area contributed by atoms with E-state index in [2.05, 4.69) is 15.1 Å². The van der Waals surface area contributed by atoms with E-state index in [0.717, 1.165) is 37.2 Å². The Labute approximate surface area is 198 Å². The summed E-state index contributed by atoms with van der Waals surface area (Å²) in [7, 11) is 1.55. The van der Waals surface area contributed by atoms with E-state index in [1.807, 2.05) is 0 Å². The molecule has 2 saturated carbocycles. The van der Waals surface area contributed by atoms with Crippen LogP contribution in [0.25, 0.3) is 0 Å². The van der Waals surface area contributed by atoms with Crippen LogP contribution in [0.4, 0.5) is 0 Å². The molecule has 184 valence electrons. The third-order valence-electron chi connectivity index (χ3n) is 7.78. The van der Waals surface area contributed by atoms with Gasteiger partial charge in [-0.1, -0.05) is 6.07 Å². The van der Waals surface area contributed by atoms with Crippen molar-refractivity contribution in [2.75, 3.05) is 53.0 Å². The Morgan fingerprint density at radius 2 is 1.88 bits per heavy atom. The van der Waals surface area contributed by atoms with Crippen LogP contribution in [0.3, 0.4) is 0 Å². The lowest BCUT2D eigenvalue weighted by Crippen LogP contribution is -2.52. The number of methoxy groups -OCH3 is 1. The standard InChI is InChI=1S/C26H40N3O4/c1-33-25-16-20(4-9-24(25)21(18-31)10-15-30)26(32)27-22-5-7-23(8-6-22)29-13-11-28(12-14-29)17-19-2-3-19/h4,9,16,19,21-23,30H,2-3,5-8,10-15,17-18H2,1H3,(H,27,32)/q-1. The highest BCUT2D eigenvalue weighted by Gasteiger charge is 2.31. The van der Waals surface area contributed by atoms with Crippen LogP contribution in [0.5, 0.6) is 5.75 Å². The van der Waals surface area contributed by atoms with Crippen LogP contribution in [0.15, 0.2) is 18.2 Å². The minimum absolute atomic E-state index is 0.0445. The zero-order valence-corrected chi connectivity index (χ0v) is 20.0. The molecule has 7 heteroatoms. The molecule has 2 N–H and O–H groups in total. The third kappa shape index (κ3) is 6.47. The van der Waals surface area contributed by atoms with Crippen molar-refractivity contribution in [2.24, 2.45) is 5.92 Å². The predicted molar refractivity (Wildman–Crippen MR) is 127 cm³/mol. The average molecular weight is 459 g/mol. The number of nitrogens with zero attached hydrogens (tertiary/aromatic N) is 2. The van der Waals surface area contributed by atoms with E-state index >= 15 is 0 Å². The van der Waals surface area contributed by atoms with Gasteiger partial charge in [-0.2, -0.15) is 0 Å². The van der Waals surface area contributed by atoms with Crippen molar-refractivity contribution in [3.8, 4) is 5.75 Å². The molecule has 1 saturated heterocycles. The fraction of sp³-hybridized carbons (Fsp3) is 0.731. The Hall–Kier alpha value is -1.67. The molecule has 0 spiro atoms. The summed E-state index contributed by atoms with van der Waals surface area (Å²) in [6.45, 7) is 5.71. The van der Waals surface area contributed by atoms with Crippen molar-refractivity contribution in [1.82, 2.24) is 15.1 Å². The van der Waals surface area contributed by atoms with Crippen molar-refractivity contribution in [3.05, 3.63) is 29.3 Å². The first-order valence-electron chi connectivity index (χ1n) is 12.8. The van der Waals surface area contributed by atoms with E-state index in [4.69, 9.17) is 4.74 Å². The maximum atomic E-state index is 12.9. The molecule has 1 heterocycles. The summed E-state index contributed by atoms with van der Waals surface area (Å²) >= 11 is 0. The van der Waals surface area contributed by atoms with Gasteiger partial charge in [0.25, 0.3) is 5.91 Å². The van der Waals surface area contributed by atoms with Crippen LogP contribution in [0, 0.1) is 5.92 Å². The molecular weight excluding hydrogens is 418 g/mol. The van der Waals surface area contributed by atoms with Crippen LogP contribution >= 0.6 is 0 Å². The van der Waals surface area contributed by atoms with Crippen molar-refractivity contribution >= 4 is 5.91 Å². The highest BCUT2D eigenvalue weighted by atomic mass is 16.5. The van der Waals surface area contributed by atoms with Gasteiger partial charge in [-0.3, -0.25) is 9.69 Å². The maximum Gasteiger partial charge on any atom is 0.251 e. The highest BCUT2D eigenvalue weighted by molar-refractivity contribution is 5.95. The Kier molecular flexibility index (Phi) is 8.63. The first-order valence-corrected chi connectivity index (χ1v) is 12.8. The molecule has 1 aliphatic heterocycles. The SMILES string of the molecule is COc1cc(C(=O)NC2CCC(N3CCN(CC4CC4)CC3)CC2)ccc1C(C[O-])CCO. The molecule has 0 aromatic heterocycles. The summed E-state index contributed by atoms with van der Waals surface area (Å²) in [6.07, 6.45) is 7.56. The number of aliphatic hydroxyl groups is 1. The summed E-state index contributed by atoms with van der Waals surface area (Å²) < 4.78 is 5.46. The van der Waals surface area contributed by atoms with Crippen molar-refractivity contribution < 1.29 is 19.7 Å². The zero-order chi connectivity index (χ0) is 23.2. The number of carbonyl (C=O) groups excluding carboxylic acids is 1. The van der Waals surface area contributed by atoms with Crippen LogP contribution in [0.2, 0.25) is 0 Å². The van der Waals surface area contributed by atoms with E-state index in [0.29, 0.717) is 23.8 Å². The number of hydrogen-bond acceptors (Lipinski definition) is 6. The number of amides is 1. The van der Waals surface area contributed by atoms with Crippen LogP contribution in [-0.2, 0) is 0 Å². The van der Waals surface area contributed by atoms with Crippen LogP contribution in [0.1, 0.15) is 66.8 Å². The highest BCUT2D eigenvalue weighted by Crippen LogP contribution is 2.31. The monoisotopic (exact) mass is 458 g/mol. The second-order valence-electron chi connectivity index (χ2n) is 10.1. The van der Waals surface area contributed by atoms with Gasteiger partial charge in [0, 0.05) is 57.0 Å². The molecule has 1 unspecified atom stereocenters. The van der Waals surface area contributed by atoms with Gasteiger partial charge >= 0.3 is 0 Å². The molecule has 1 aromatic carbocycles. The van der Waals surface area contributed by atoms with E-state index < -0.39 is 0 Å². The number of benzene rings is 1. The largest absolute Gasteiger partial charge is 0.854 e. The fourth-order valence-electron chi connectivity index (χ4n) is 5.50. The average Bonchev–Trinajstić information content (AvgIpc) is 3.67. The minimum atomic E-state index is -0.318. The second kappa shape index (κ2) is 11.6. The summed E-state index contributed by atoms with van der Waals surface area (Å²) in [6, 6.07) is 6.14. The summed E-state index contributed by atoms with van der Waals surface area (Å²) in [5, 5.41) is 23.9. The van der Waals surface area contributed by atoms with E-state index in [-0.39, 0.29) is 31.1 Å². The van der Waals surface area contributed by atoms with Crippen molar-refractivity contribution in [2.45, 2.75) is 62.9 Å². The topological polar surface area (TPSA) is 88.1 Å². The smallest absolute Gasteiger partial charge is 0.251 e. The van der Waals surface area contributed by atoms with Gasteiger partial charge in [-0.05, 0) is 74.5 Å². The summed E-state index contributed by atoms with van der Waals surface area (Å²) in [5.74, 6) is 1.12. The van der Waals surface area contributed by atoms with Crippen molar-refractivity contribution in [3.63, 3.8) is 0 Å². The number of nitrogens with one attached hydrogen (secondary N) is 1. The molecule has 33 heavy (non-hydrogen) atoms. The lowest BCUT2D eigenvalue weighted by molar-refractivity contribution is -0.373. The Morgan fingerprint density at radius 3 is 2.48 bits per heavy atom. The first-order chi connectivity index (χ1) is 16.1. The Balaban J connectivity index is 1.25. The number of hydrogen-bond donors (Lipinski definition) is 2. The van der Waals surface area contributed by atoms with Crippen LogP contribution < -0.4 is 15.2 Å². The fourth-order valence-corrected chi connectivity index (χ4v) is 5.50. The number of carbonyl (C=O) groups is 1. The van der Waals surface area contributed by atoms with Crippen molar-refractivity contribution in [1.29, 1.82) is 0 Å². The lowest BCUT2D eigenvalue weighted by atomic mass is 9.89. The summed E-state index contributed by atoms with van der Waals surface area (Å²) in [4.78, 5) is 18.2. The molecule has 7 nitrogen and oxygen atoms in total. The molecule has 1 aromatic rings. The maximum absolute atomic E-state index is 12.9. The number of aliphatic hydroxyl groups excluding tert-OH is 1. The molecule has 1 atom stereocenters. The molecule has 0 radical (unpaired) electrons. The molecular formula is C26H40N3O4-. The summed E-state index contributed by atoms with van der Waals surface area (Å²) in [5.41, 5.74) is 1.31. The quantitative estimate of drug-likeness (QED) is 0.554. The Morgan fingerprint density at radius 1 is 1.15 bits per heavy atom. The van der Waals surface area contributed by atoms with Gasteiger partial charge in [0.15, 0.2) is 0 Å².